The zero-order chi connectivity index (χ0) is 4.41. The van der Waals surface area contributed by atoms with E-state index in [1.165, 1.54) is 15.4 Å². The third kappa shape index (κ3) is 0.697. The summed E-state index contributed by atoms with van der Waals surface area (Å²) < 4.78 is 0. The van der Waals surface area contributed by atoms with Crippen molar-refractivity contribution in [1.29, 1.82) is 0 Å². The van der Waals surface area contributed by atoms with Gasteiger partial charge in [0.2, 0.25) is 0 Å². The SMILES string of the molecule is [SiH3]c1ccsc1. The van der Waals surface area contributed by atoms with Crippen molar-refractivity contribution in [1.82, 2.24) is 0 Å². The van der Waals surface area contributed by atoms with Gasteiger partial charge < -0.3 is 0 Å². The van der Waals surface area contributed by atoms with Gasteiger partial charge in [0.05, 0.1) is 0 Å². The monoisotopic (exact) mass is 114 g/mol. The van der Waals surface area contributed by atoms with E-state index in [-0.39, 0.29) is 0 Å². The molecule has 0 amide bonds. The Kier molecular flexibility index (Phi) is 1.07. The second-order valence-electron chi connectivity index (χ2n) is 1.30. The van der Waals surface area contributed by atoms with Crippen LogP contribution in [0.3, 0.4) is 0 Å². The maximum Gasteiger partial charge on any atom is 0.0395 e. The first-order valence-corrected chi connectivity index (χ1v) is 3.82. The summed E-state index contributed by atoms with van der Waals surface area (Å²) in [6.45, 7) is 0. The first kappa shape index (κ1) is 4.09. The molecule has 0 N–H and O–H groups in total. The summed E-state index contributed by atoms with van der Waals surface area (Å²) in [6, 6.07) is 2.16. The largest absolute Gasteiger partial charge is 0.153 e. The van der Waals surface area contributed by atoms with E-state index in [1.54, 1.807) is 11.3 Å². The Labute approximate surface area is 44.2 Å². The molecule has 0 radical (unpaired) electrons. The van der Waals surface area contributed by atoms with E-state index in [0.29, 0.717) is 0 Å². The number of thiophene rings is 1. The molecule has 6 heavy (non-hydrogen) atoms. The van der Waals surface area contributed by atoms with Crippen molar-refractivity contribution in [2.24, 2.45) is 0 Å². The van der Waals surface area contributed by atoms with Crippen LogP contribution in [0.4, 0.5) is 0 Å². The molecule has 0 aliphatic rings. The van der Waals surface area contributed by atoms with Gasteiger partial charge >= 0.3 is 0 Å². The standard InChI is InChI=1S/C4H6SSi/c6-4-1-2-5-3-4/h1-3H,6H3. The summed E-state index contributed by atoms with van der Waals surface area (Å²) in [5.41, 5.74) is 0. The molecule has 2 heteroatoms. The third-order valence-corrected chi connectivity index (χ3v) is 2.50. The molecular formula is C4H6SSi. The number of rotatable bonds is 0. The quantitative estimate of drug-likeness (QED) is 0.408. The fraction of sp³-hybridized carbons (Fsp3) is 0. The van der Waals surface area contributed by atoms with Crippen molar-refractivity contribution in [3.8, 4) is 0 Å². The second kappa shape index (κ2) is 1.58. The highest BCUT2D eigenvalue weighted by atomic mass is 32.1. The Bertz CT molecular complexity index is 111. The lowest BCUT2D eigenvalue weighted by Gasteiger charge is -1.65. The number of hydrogen-bond acceptors (Lipinski definition) is 1. The summed E-state index contributed by atoms with van der Waals surface area (Å²) >= 11 is 1.77. The summed E-state index contributed by atoms with van der Waals surface area (Å²) in [4.78, 5) is 0. The second-order valence-corrected chi connectivity index (χ2v) is 3.24. The van der Waals surface area contributed by atoms with Gasteiger partial charge in [-0.25, -0.2) is 0 Å². The molecule has 1 aromatic rings. The molecular weight excluding hydrogens is 108 g/mol. The predicted octanol–water partition coefficient (Wildman–Crippen LogP) is -0.261. The van der Waals surface area contributed by atoms with Crippen LogP contribution in [0.1, 0.15) is 0 Å². The minimum absolute atomic E-state index is 1.21. The molecule has 0 aliphatic carbocycles. The van der Waals surface area contributed by atoms with Crippen LogP contribution in [-0.4, -0.2) is 10.2 Å². The van der Waals surface area contributed by atoms with E-state index < -0.39 is 0 Å². The first-order chi connectivity index (χ1) is 2.89. The molecule has 0 aliphatic heterocycles. The third-order valence-electron chi connectivity index (χ3n) is 0.663. The zero-order valence-corrected chi connectivity index (χ0v) is 6.46. The van der Waals surface area contributed by atoms with E-state index in [2.05, 4.69) is 16.8 Å². The van der Waals surface area contributed by atoms with Gasteiger partial charge in [-0.2, -0.15) is 11.3 Å². The van der Waals surface area contributed by atoms with Crippen LogP contribution >= 0.6 is 11.3 Å². The van der Waals surface area contributed by atoms with Gasteiger partial charge in [0.25, 0.3) is 0 Å². The highest BCUT2D eigenvalue weighted by Crippen LogP contribution is 1.88. The average Bonchev–Trinajstić information content (AvgIpc) is 1.86. The van der Waals surface area contributed by atoms with Crippen molar-refractivity contribution >= 4 is 26.8 Å². The minimum atomic E-state index is 1.21. The van der Waals surface area contributed by atoms with Crippen molar-refractivity contribution < 1.29 is 0 Å². The molecule has 0 fully saturated rings. The predicted molar refractivity (Wildman–Crippen MR) is 33.9 cm³/mol. The van der Waals surface area contributed by atoms with Gasteiger partial charge in [-0.05, 0) is 10.8 Å². The first-order valence-electron chi connectivity index (χ1n) is 1.88. The lowest BCUT2D eigenvalue weighted by atomic mass is 10.7. The van der Waals surface area contributed by atoms with Gasteiger partial charge in [0, 0.05) is 10.2 Å². The van der Waals surface area contributed by atoms with Crippen LogP contribution in [0.5, 0.6) is 0 Å². The van der Waals surface area contributed by atoms with E-state index in [9.17, 15) is 0 Å². The van der Waals surface area contributed by atoms with Crippen LogP contribution in [0.15, 0.2) is 16.8 Å². The maximum atomic E-state index is 2.19. The maximum absolute atomic E-state index is 2.19. The fourth-order valence-corrected chi connectivity index (χ4v) is 1.81. The summed E-state index contributed by atoms with van der Waals surface area (Å²) in [5, 5.41) is 5.80. The van der Waals surface area contributed by atoms with Gasteiger partial charge in [-0.3, -0.25) is 0 Å². The van der Waals surface area contributed by atoms with E-state index in [1.807, 2.05) is 0 Å². The normalized spacial score (nSPS) is 9.33. The van der Waals surface area contributed by atoms with Crippen LogP contribution in [0.2, 0.25) is 0 Å². The van der Waals surface area contributed by atoms with E-state index in [4.69, 9.17) is 0 Å². The molecule has 0 nitrogen and oxygen atoms in total. The lowest BCUT2D eigenvalue weighted by Crippen LogP contribution is -1.91. The Morgan fingerprint density at radius 1 is 1.67 bits per heavy atom. The molecule has 0 saturated carbocycles. The number of hydrogen-bond donors (Lipinski definition) is 0. The molecule has 0 spiro atoms. The molecule has 1 rings (SSSR count). The van der Waals surface area contributed by atoms with Gasteiger partial charge in [-0.15, -0.1) is 0 Å². The molecule has 1 heterocycles. The Hall–Kier alpha value is -0.0831. The highest BCUT2D eigenvalue weighted by molar-refractivity contribution is 7.08. The Balaban J connectivity index is 3.05. The highest BCUT2D eigenvalue weighted by Gasteiger charge is 1.74. The summed E-state index contributed by atoms with van der Waals surface area (Å²) in [5.74, 6) is 0. The molecule has 32 valence electrons. The zero-order valence-electron chi connectivity index (χ0n) is 3.64. The van der Waals surface area contributed by atoms with Crippen LogP contribution in [0, 0.1) is 0 Å². The van der Waals surface area contributed by atoms with Crippen molar-refractivity contribution in [2.45, 2.75) is 0 Å². The molecule has 0 bridgehead atoms. The summed E-state index contributed by atoms with van der Waals surface area (Å²) in [6.07, 6.45) is 0. The molecule has 0 atom stereocenters. The molecule has 1 aromatic heterocycles. The smallest absolute Gasteiger partial charge is 0.0395 e. The van der Waals surface area contributed by atoms with Crippen molar-refractivity contribution in [3.05, 3.63) is 16.8 Å². The van der Waals surface area contributed by atoms with E-state index >= 15 is 0 Å². The average molecular weight is 114 g/mol. The van der Waals surface area contributed by atoms with Gasteiger partial charge in [0.15, 0.2) is 0 Å². The van der Waals surface area contributed by atoms with Crippen molar-refractivity contribution in [3.63, 3.8) is 0 Å². The van der Waals surface area contributed by atoms with Gasteiger partial charge in [0.1, 0.15) is 0 Å². The topological polar surface area (TPSA) is 0 Å². The van der Waals surface area contributed by atoms with Crippen LogP contribution in [-0.2, 0) is 0 Å². The molecule has 0 saturated heterocycles. The van der Waals surface area contributed by atoms with E-state index in [0.717, 1.165) is 0 Å². The Morgan fingerprint density at radius 2 is 2.50 bits per heavy atom. The minimum Gasteiger partial charge on any atom is -0.153 e. The lowest BCUT2D eigenvalue weighted by molar-refractivity contribution is 2.15. The Morgan fingerprint density at radius 3 is 2.67 bits per heavy atom. The molecule has 0 unspecified atom stereocenters. The van der Waals surface area contributed by atoms with Crippen LogP contribution in [0.25, 0.3) is 0 Å². The molecule has 0 aromatic carbocycles. The van der Waals surface area contributed by atoms with Crippen LogP contribution < -0.4 is 5.19 Å². The van der Waals surface area contributed by atoms with Gasteiger partial charge in [-0.1, -0.05) is 11.3 Å². The fourth-order valence-electron chi connectivity index (χ4n) is 0.333. The summed E-state index contributed by atoms with van der Waals surface area (Å²) in [7, 11) is 1.21. The van der Waals surface area contributed by atoms with Crippen molar-refractivity contribution in [2.75, 3.05) is 0 Å².